The third-order valence-corrected chi connectivity index (χ3v) is 5.10. The summed E-state index contributed by atoms with van der Waals surface area (Å²) in [7, 11) is -3.12. The maximum absolute atomic E-state index is 11.9. The van der Waals surface area contributed by atoms with E-state index in [1.807, 2.05) is 6.07 Å². The zero-order chi connectivity index (χ0) is 10.2. The van der Waals surface area contributed by atoms with Gasteiger partial charge in [0, 0.05) is 5.38 Å². The van der Waals surface area contributed by atoms with E-state index in [1.165, 1.54) is 0 Å². The van der Waals surface area contributed by atoms with E-state index in [1.54, 1.807) is 24.3 Å². The van der Waals surface area contributed by atoms with E-state index in [9.17, 15) is 8.42 Å². The van der Waals surface area contributed by atoms with Gasteiger partial charge in [-0.2, -0.15) is 0 Å². The minimum Gasteiger partial charge on any atom is -0.223 e. The van der Waals surface area contributed by atoms with Crippen LogP contribution in [-0.2, 0) is 9.84 Å². The van der Waals surface area contributed by atoms with E-state index in [-0.39, 0.29) is 10.6 Å². The summed E-state index contributed by atoms with van der Waals surface area (Å²) in [5.74, 6) is 0. The van der Waals surface area contributed by atoms with Crippen molar-refractivity contribution in [2.24, 2.45) is 0 Å². The Morgan fingerprint density at radius 1 is 1.14 bits per heavy atom. The molecule has 0 radical (unpaired) electrons. The van der Waals surface area contributed by atoms with Gasteiger partial charge in [0.2, 0.25) is 0 Å². The molecule has 1 saturated carbocycles. The van der Waals surface area contributed by atoms with Crippen molar-refractivity contribution >= 4 is 21.4 Å². The lowest BCUT2D eigenvalue weighted by Crippen LogP contribution is -2.36. The Kier molecular flexibility index (Phi) is 2.54. The van der Waals surface area contributed by atoms with Gasteiger partial charge in [0.25, 0.3) is 0 Å². The smallest absolute Gasteiger partial charge is 0.181 e. The number of halogens is 1. The molecule has 4 heteroatoms. The van der Waals surface area contributed by atoms with Crippen molar-refractivity contribution < 1.29 is 8.42 Å². The summed E-state index contributed by atoms with van der Waals surface area (Å²) >= 11 is 5.77. The molecular formula is C10H11ClO2S. The fourth-order valence-corrected chi connectivity index (χ4v) is 4.09. The molecule has 1 aliphatic carbocycles. The molecule has 76 valence electrons. The summed E-state index contributed by atoms with van der Waals surface area (Å²) < 4.78 is 23.8. The standard InChI is InChI=1S/C10H11ClO2S/c11-8-6-10(7-8)14(12,13)9-4-2-1-3-5-9/h1-5,8,10H,6-7H2. The van der Waals surface area contributed by atoms with E-state index in [0.29, 0.717) is 17.7 Å². The third-order valence-electron chi connectivity index (χ3n) is 2.55. The van der Waals surface area contributed by atoms with Gasteiger partial charge in [-0.1, -0.05) is 18.2 Å². The zero-order valence-electron chi connectivity index (χ0n) is 7.56. The van der Waals surface area contributed by atoms with Gasteiger partial charge in [-0.3, -0.25) is 0 Å². The van der Waals surface area contributed by atoms with Crippen molar-refractivity contribution in [2.75, 3.05) is 0 Å². The predicted molar refractivity (Wildman–Crippen MR) is 56.3 cm³/mol. The second-order valence-corrected chi connectivity index (χ2v) is 6.39. The van der Waals surface area contributed by atoms with E-state index in [0.717, 1.165) is 0 Å². The minimum atomic E-state index is -3.12. The van der Waals surface area contributed by atoms with Gasteiger partial charge in [-0.25, -0.2) is 8.42 Å². The van der Waals surface area contributed by atoms with E-state index >= 15 is 0 Å². The normalized spacial score (nSPS) is 26.9. The van der Waals surface area contributed by atoms with Gasteiger partial charge < -0.3 is 0 Å². The zero-order valence-corrected chi connectivity index (χ0v) is 9.13. The second-order valence-electron chi connectivity index (χ2n) is 3.55. The summed E-state index contributed by atoms with van der Waals surface area (Å²) in [4.78, 5) is 0.411. The molecule has 1 aromatic rings. The third kappa shape index (κ3) is 1.66. The topological polar surface area (TPSA) is 34.1 Å². The number of hydrogen-bond donors (Lipinski definition) is 0. The number of alkyl halides is 1. The highest BCUT2D eigenvalue weighted by Gasteiger charge is 2.38. The van der Waals surface area contributed by atoms with E-state index in [2.05, 4.69) is 0 Å². The van der Waals surface area contributed by atoms with Crippen LogP contribution < -0.4 is 0 Å². The molecule has 0 N–H and O–H groups in total. The molecule has 1 aliphatic rings. The van der Waals surface area contributed by atoms with Gasteiger partial charge >= 0.3 is 0 Å². The van der Waals surface area contributed by atoms with Gasteiger partial charge in [0.05, 0.1) is 10.1 Å². The molecule has 0 saturated heterocycles. The summed E-state index contributed by atoms with van der Waals surface area (Å²) in [6.07, 6.45) is 1.16. The molecule has 0 spiro atoms. The molecule has 0 unspecified atom stereocenters. The number of benzene rings is 1. The Bertz CT molecular complexity index is 407. The molecule has 0 amide bonds. The lowest BCUT2D eigenvalue weighted by atomic mass is 9.99. The highest BCUT2D eigenvalue weighted by Crippen LogP contribution is 2.34. The first-order chi connectivity index (χ1) is 6.60. The molecule has 1 fully saturated rings. The summed E-state index contributed by atoms with van der Waals surface area (Å²) in [6, 6.07) is 8.56. The Labute approximate surface area is 88.8 Å². The Morgan fingerprint density at radius 2 is 1.71 bits per heavy atom. The fraction of sp³-hybridized carbons (Fsp3) is 0.400. The van der Waals surface area contributed by atoms with Crippen LogP contribution in [0.2, 0.25) is 0 Å². The summed E-state index contributed by atoms with van der Waals surface area (Å²) in [5.41, 5.74) is 0. The first-order valence-electron chi connectivity index (χ1n) is 4.54. The highest BCUT2D eigenvalue weighted by atomic mass is 35.5. The Morgan fingerprint density at radius 3 is 2.21 bits per heavy atom. The van der Waals surface area contributed by atoms with Crippen LogP contribution in [0.25, 0.3) is 0 Å². The van der Waals surface area contributed by atoms with Crippen LogP contribution in [0, 0.1) is 0 Å². The van der Waals surface area contributed by atoms with Gasteiger partial charge in [-0.05, 0) is 25.0 Å². The van der Waals surface area contributed by atoms with Crippen LogP contribution in [0.5, 0.6) is 0 Å². The van der Waals surface area contributed by atoms with Gasteiger partial charge in [-0.15, -0.1) is 11.6 Å². The molecule has 2 nitrogen and oxygen atoms in total. The second kappa shape index (κ2) is 3.55. The maximum Gasteiger partial charge on any atom is 0.181 e. The first kappa shape index (κ1) is 9.99. The number of sulfone groups is 1. The largest absolute Gasteiger partial charge is 0.223 e. The van der Waals surface area contributed by atoms with Gasteiger partial charge in [0.1, 0.15) is 0 Å². The average Bonchev–Trinajstić information content (AvgIpc) is 2.14. The molecule has 1 aromatic carbocycles. The van der Waals surface area contributed by atoms with Crippen LogP contribution in [0.15, 0.2) is 35.2 Å². The first-order valence-corrected chi connectivity index (χ1v) is 6.52. The lowest BCUT2D eigenvalue weighted by molar-refractivity contribution is 0.484. The van der Waals surface area contributed by atoms with Crippen LogP contribution in [-0.4, -0.2) is 19.0 Å². The average molecular weight is 231 g/mol. The van der Waals surface area contributed by atoms with Crippen molar-refractivity contribution in [3.05, 3.63) is 30.3 Å². The maximum atomic E-state index is 11.9. The number of rotatable bonds is 2. The van der Waals surface area contributed by atoms with Gasteiger partial charge in [0.15, 0.2) is 9.84 Å². The van der Waals surface area contributed by atoms with Crippen molar-refractivity contribution in [3.63, 3.8) is 0 Å². The molecular weight excluding hydrogens is 220 g/mol. The predicted octanol–water partition coefficient (Wildman–Crippen LogP) is 2.23. The number of hydrogen-bond acceptors (Lipinski definition) is 2. The molecule has 0 aromatic heterocycles. The van der Waals surface area contributed by atoms with Crippen molar-refractivity contribution in [3.8, 4) is 0 Å². The molecule has 0 aliphatic heterocycles. The van der Waals surface area contributed by atoms with Crippen molar-refractivity contribution in [1.29, 1.82) is 0 Å². The monoisotopic (exact) mass is 230 g/mol. The molecule has 0 atom stereocenters. The van der Waals surface area contributed by atoms with E-state index in [4.69, 9.17) is 11.6 Å². The molecule has 2 rings (SSSR count). The summed E-state index contributed by atoms with van der Waals surface area (Å²) in [5, 5.41) is -0.231. The van der Waals surface area contributed by atoms with Crippen LogP contribution in [0.1, 0.15) is 12.8 Å². The lowest BCUT2D eigenvalue weighted by Gasteiger charge is -2.30. The minimum absolute atomic E-state index is 0.0403. The molecule has 0 heterocycles. The van der Waals surface area contributed by atoms with E-state index < -0.39 is 9.84 Å². The van der Waals surface area contributed by atoms with Crippen LogP contribution >= 0.6 is 11.6 Å². The fourth-order valence-electron chi connectivity index (χ4n) is 1.56. The van der Waals surface area contributed by atoms with Crippen molar-refractivity contribution in [2.45, 2.75) is 28.4 Å². The van der Waals surface area contributed by atoms with Crippen molar-refractivity contribution in [1.82, 2.24) is 0 Å². The molecule has 14 heavy (non-hydrogen) atoms. The SMILES string of the molecule is O=S(=O)(c1ccccc1)C1CC(Cl)C1. The van der Waals surface area contributed by atoms with Crippen LogP contribution in [0.4, 0.5) is 0 Å². The molecule has 0 bridgehead atoms. The Hall–Kier alpha value is -0.540. The van der Waals surface area contributed by atoms with Crippen LogP contribution in [0.3, 0.4) is 0 Å². The Balaban J connectivity index is 2.26. The quantitative estimate of drug-likeness (QED) is 0.731. The highest BCUT2D eigenvalue weighted by molar-refractivity contribution is 7.92. The summed E-state index contributed by atoms with van der Waals surface area (Å²) in [6.45, 7) is 0.